The van der Waals surface area contributed by atoms with Crippen molar-refractivity contribution in [3.63, 3.8) is 0 Å². The van der Waals surface area contributed by atoms with Gasteiger partial charge in [0.05, 0.1) is 27.8 Å². The van der Waals surface area contributed by atoms with Crippen LogP contribution in [0.2, 0.25) is 0 Å². The lowest BCUT2D eigenvalue weighted by Gasteiger charge is -2.21. The molecule has 12 rings (SSSR count). The van der Waals surface area contributed by atoms with E-state index in [4.69, 9.17) is 4.74 Å². The SMILES string of the molecule is c1ccc(-c2ccc(-c3cccc(-c4cccc(-c5cccc(-n6c7ccccc7c7c8c9ccccc9n9c8c(cc76)Oc6ccccc6-9)c5)c4)c3)cc2)cc1. The molecule has 2 aromatic heterocycles. The second-order valence-corrected chi connectivity index (χ2v) is 14.9. The highest BCUT2D eigenvalue weighted by Gasteiger charge is 2.28. The molecule has 0 bridgehead atoms. The summed E-state index contributed by atoms with van der Waals surface area (Å²) in [5.41, 5.74) is 16.3. The van der Waals surface area contributed by atoms with E-state index in [2.05, 4.69) is 209 Å². The largest absolute Gasteiger partial charge is 0.453 e. The van der Waals surface area contributed by atoms with Gasteiger partial charge in [0.2, 0.25) is 0 Å². The summed E-state index contributed by atoms with van der Waals surface area (Å²) in [6, 6.07) is 74.3. The van der Waals surface area contributed by atoms with Crippen molar-refractivity contribution in [1.29, 1.82) is 0 Å². The molecule has 3 heterocycles. The Morgan fingerprint density at radius 1 is 0.298 bits per heavy atom. The standard InChI is InChI=1S/C54H34N2O/c1-2-13-35(14-3-1)36-27-29-37(30-28-36)38-15-10-16-39(31-38)40-17-11-18-41(32-40)42-19-12-20-43(33-42)55-46-23-6-4-21-44(46)52-49(55)34-51-54-53(52)45-22-5-7-24-47(45)56(54)48-25-8-9-26-50(48)57-51/h1-34H. The number of nitrogens with zero attached hydrogens (tertiary/aromatic N) is 2. The Bertz CT molecular complexity index is 3370. The predicted molar refractivity (Wildman–Crippen MR) is 237 cm³/mol. The fourth-order valence-electron chi connectivity index (χ4n) is 9.10. The maximum Gasteiger partial charge on any atom is 0.154 e. The maximum atomic E-state index is 6.75. The van der Waals surface area contributed by atoms with Gasteiger partial charge in [0.25, 0.3) is 0 Å². The Hall–Kier alpha value is -7.62. The Morgan fingerprint density at radius 3 is 1.49 bits per heavy atom. The number of benzene rings is 9. The highest BCUT2D eigenvalue weighted by atomic mass is 16.5. The van der Waals surface area contributed by atoms with E-state index in [0.29, 0.717) is 0 Å². The third-order valence-corrected chi connectivity index (χ3v) is 11.7. The smallest absolute Gasteiger partial charge is 0.154 e. The fourth-order valence-corrected chi connectivity index (χ4v) is 9.10. The number of fused-ring (bicyclic) bond motifs is 9. The van der Waals surface area contributed by atoms with Gasteiger partial charge in [-0.25, -0.2) is 0 Å². The number of hydrogen-bond acceptors (Lipinski definition) is 1. The lowest BCUT2D eigenvalue weighted by atomic mass is 9.95. The Balaban J connectivity index is 0.978. The van der Waals surface area contributed by atoms with Crippen LogP contribution in [0.5, 0.6) is 11.5 Å². The summed E-state index contributed by atoms with van der Waals surface area (Å²) < 4.78 is 11.5. The summed E-state index contributed by atoms with van der Waals surface area (Å²) in [4.78, 5) is 0. The van der Waals surface area contributed by atoms with Crippen LogP contribution in [0.4, 0.5) is 0 Å². The normalized spacial score (nSPS) is 12.0. The van der Waals surface area contributed by atoms with Crippen molar-refractivity contribution in [2.75, 3.05) is 0 Å². The molecule has 9 aromatic carbocycles. The van der Waals surface area contributed by atoms with Crippen LogP contribution >= 0.6 is 0 Å². The van der Waals surface area contributed by atoms with Gasteiger partial charge in [0, 0.05) is 33.3 Å². The third-order valence-electron chi connectivity index (χ3n) is 11.7. The zero-order chi connectivity index (χ0) is 37.5. The van der Waals surface area contributed by atoms with Crippen molar-refractivity contribution in [1.82, 2.24) is 9.13 Å². The van der Waals surface area contributed by atoms with Crippen LogP contribution in [0.3, 0.4) is 0 Å². The minimum atomic E-state index is 0.864. The molecular formula is C54H34N2O. The molecule has 0 amide bonds. The van der Waals surface area contributed by atoms with E-state index in [9.17, 15) is 0 Å². The van der Waals surface area contributed by atoms with E-state index >= 15 is 0 Å². The van der Waals surface area contributed by atoms with Crippen molar-refractivity contribution in [3.8, 4) is 67.4 Å². The van der Waals surface area contributed by atoms with Gasteiger partial charge in [-0.2, -0.15) is 0 Å². The molecule has 0 fully saturated rings. The Morgan fingerprint density at radius 2 is 0.789 bits per heavy atom. The summed E-state index contributed by atoms with van der Waals surface area (Å²) in [7, 11) is 0. The number of hydrogen-bond donors (Lipinski definition) is 0. The summed E-state index contributed by atoms with van der Waals surface area (Å²) in [5.74, 6) is 1.73. The van der Waals surface area contributed by atoms with Crippen LogP contribution in [0, 0.1) is 0 Å². The third kappa shape index (κ3) is 4.92. The summed E-state index contributed by atoms with van der Waals surface area (Å²) >= 11 is 0. The molecule has 3 nitrogen and oxygen atoms in total. The highest BCUT2D eigenvalue weighted by Crippen LogP contribution is 2.50. The molecule has 1 aliphatic rings. The lowest BCUT2D eigenvalue weighted by molar-refractivity contribution is 0.477. The monoisotopic (exact) mass is 726 g/mol. The van der Waals surface area contributed by atoms with Crippen LogP contribution in [0.15, 0.2) is 206 Å². The molecule has 0 radical (unpaired) electrons. The van der Waals surface area contributed by atoms with Crippen molar-refractivity contribution < 1.29 is 4.74 Å². The van der Waals surface area contributed by atoms with Gasteiger partial charge >= 0.3 is 0 Å². The predicted octanol–water partition coefficient (Wildman–Crippen LogP) is 14.7. The van der Waals surface area contributed by atoms with Gasteiger partial charge in [-0.05, 0) is 93.0 Å². The van der Waals surface area contributed by atoms with E-state index in [1.165, 1.54) is 71.5 Å². The van der Waals surface area contributed by atoms with Crippen molar-refractivity contribution in [2.45, 2.75) is 0 Å². The van der Waals surface area contributed by atoms with Gasteiger partial charge in [-0.1, -0.05) is 152 Å². The van der Waals surface area contributed by atoms with Crippen LogP contribution in [-0.4, -0.2) is 9.13 Å². The van der Waals surface area contributed by atoms with Crippen molar-refractivity contribution >= 4 is 43.6 Å². The molecular weight excluding hydrogens is 693 g/mol. The van der Waals surface area contributed by atoms with Gasteiger partial charge in [0.15, 0.2) is 11.5 Å². The van der Waals surface area contributed by atoms with Crippen LogP contribution in [-0.2, 0) is 0 Å². The second kappa shape index (κ2) is 12.5. The Labute approximate surface area is 329 Å². The second-order valence-electron chi connectivity index (χ2n) is 14.9. The summed E-state index contributed by atoms with van der Waals surface area (Å²) in [6.45, 7) is 0. The first-order valence-corrected chi connectivity index (χ1v) is 19.5. The molecule has 266 valence electrons. The van der Waals surface area contributed by atoms with Crippen LogP contribution in [0.1, 0.15) is 0 Å². The Kier molecular flexibility index (Phi) is 6.93. The van der Waals surface area contributed by atoms with Gasteiger partial charge < -0.3 is 13.9 Å². The number of aromatic nitrogens is 2. The first kappa shape index (κ1) is 31.7. The molecule has 0 aliphatic carbocycles. The van der Waals surface area contributed by atoms with E-state index in [0.717, 1.165) is 39.5 Å². The molecule has 11 aromatic rings. The molecule has 3 heteroatoms. The summed E-state index contributed by atoms with van der Waals surface area (Å²) in [6.07, 6.45) is 0. The zero-order valence-corrected chi connectivity index (χ0v) is 30.9. The molecule has 0 spiro atoms. The van der Waals surface area contributed by atoms with Crippen LogP contribution in [0.25, 0.3) is 99.5 Å². The average Bonchev–Trinajstić information content (AvgIpc) is 3.81. The molecule has 0 saturated carbocycles. The van der Waals surface area contributed by atoms with E-state index in [-0.39, 0.29) is 0 Å². The number of ether oxygens (including phenoxy) is 1. The van der Waals surface area contributed by atoms with Gasteiger partial charge in [-0.3, -0.25) is 0 Å². The van der Waals surface area contributed by atoms with Gasteiger partial charge in [-0.15, -0.1) is 0 Å². The molecule has 0 atom stereocenters. The first-order chi connectivity index (χ1) is 28.3. The molecule has 0 N–H and O–H groups in total. The lowest BCUT2D eigenvalue weighted by Crippen LogP contribution is -2.04. The molecule has 0 saturated heterocycles. The minimum absolute atomic E-state index is 0.864. The van der Waals surface area contributed by atoms with Crippen molar-refractivity contribution in [2.24, 2.45) is 0 Å². The van der Waals surface area contributed by atoms with E-state index < -0.39 is 0 Å². The first-order valence-electron chi connectivity index (χ1n) is 19.5. The topological polar surface area (TPSA) is 19.1 Å². The summed E-state index contributed by atoms with van der Waals surface area (Å²) in [5, 5.41) is 4.91. The maximum absolute atomic E-state index is 6.75. The van der Waals surface area contributed by atoms with E-state index in [1.54, 1.807) is 0 Å². The van der Waals surface area contributed by atoms with Crippen LogP contribution < -0.4 is 4.74 Å². The molecule has 0 unspecified atom stereocenters. The highest BCUT2D eigenvalue weighted by molar-refractivity contribution is 6.30. The van der Waals surface area contributed by atoms with Crippen molar-refractivity contribution in [3.05, 3.63) is 206 Å². The average molecular weight is 727 g/mol. The molecule has 1 aliphatic heterocycles. The molecule has 57 heavy (non-hydrogen) atoms. The fraction of sp³-hybridized carbons (Fsp3) is 0. The minimum Gasteiger partial charge on any atom is -0.453 e. The number of rotatable bonds is 5. The number of para-hydroxylation sites is 4. The quantitative estimate of drug-likeness (QED) is 0.173. The van der Waals surface area contributed by atoms with E-state index in [1.807, 2.05) is 6.07 Å². The zero-order valence-electron chi connectivity index (χ0n) is 30.9. The van der Waals surface area contributed by atoms with Gasteiger partial charge in [0.1, 0.15) is 0 Å².